The van der Waals surface area contributed by atoms with E-state index in [2.05, 4.69) is 19.2 Å². The molecule has 0 heterocycles. The maximum atomic E-state index is 12.5. The van der Waals surface area contributed by atoms with Crippen molar-refractivity contribution in [1.29, 1.82) is 0 Å². The standard InChI is InChI=1S/C67H133NO5/c1-3-5-7-9-11-13-15-17-18-19-26-30-33-37-41-45-49-53-57-61-67(72)73-62-58-54-50-46-42-38-34-31-28-25-23-21-20-22-24-27-29-32-36-40-44-48-52-56-60-66(71)68-64(63-69)65(70)59-55-51-47-43-39-35-16-14-12-10-8-6-4-2/h64-65,69-70H,3-63H2,1-2H3,(H,68,71). The molecule has 0 saturated carbocycles. The largest absolute Gasteiger partial charge is 0.466 e. The number of unbranched alkanes of at least 4 members (excludes halogenated alkanes) is 53. The fraction of sp³-hybridized carbons (Fsp3) is 0.970. The lowest BCUT2D eigenvalue weighted by molar-refractivity contribution is -0.143. The highest BCUT2D eigenvalue weighted by Gasteiger charge is 2.20. The second-order valence-electron chi connectivity index (χ2n) is 23.5. The third-order valence-corrected chi connectivity index (χ3v) is 16.2. The molecule has 73 heavy (non-hydrogen) atoms. The van der Waals surface area contributed by atoms with Gasteiger partial charge in [0.05, 0.1) is 25.4 Å². The monoisotopic (exact) mass is 1030 g/mol. The molecule has 0 rings (SSSR count). The van der Waals surface area contributed by atoms with Gasteiger partial charge in [-0.15, -0.1) is 0 Å². The smallest absolute Gasteiger partial charge is 0.305 e. The van der Waals surface area contributed by atoms with Crippen molar-refractivity contribution in [2.75, 3.05) is 13.2 Å². The molecular weight excluding hydrogens is 899 g/mol. The van der Waals surface area contributed by atoms with Crippen LogP contribution in [0, 0.1) is 0 Å². The average Bonchev–Trinajstić information content (AvgIpc) is 3.39. The number of hydrogen-bond donors (Lipinski definition) is 3. The Balaban J connectivity index is 3.32. The van der Waals surface area contributed by atoms with Gasteiger partial charge in [-0.2, -0.15) is 0 Å². The predicted octanol–water partition coefficient (Wildman–Crippen LogP) is 21.4. The molecule has 0 aromatic carbocycles. The maximum absolute atomic E-state index is 12.5. The molecule has 436 valence electrons. The van der Waals surface area contributed by atoms with Gasteiger partial charge < -0.3 is 20.3 Å². The first-order valence-corrected chi connectivity index (χ1v) is 33.8. The lowest BCUT2D eigenvalue weighted by Gasteiger charge is -2.22. The zero-order valence-electron chi connectivity index (χ0n) is 49.9. The van der Waals surface area contributed by atoms with Crippen LogP contribution in [0.1, 0.15) is 393 Å². The number of aliphatic hydroxyl groups excluding tert-OH is 2. The van der Waals surface area contributed by atoms with Crippen molar-refractivity contribution in [3.63, 3.8) is 0 Å². The van der Waals surface area contributed by atoms with E-state index in [1.54, 1.807) is 0 Å². The Labute approximate surface area is 457 Å². The third-order valence-electron chi connectivity index (χ3n) is 16.2. The van der Waals surface area contributed by atoms with Gasteiger partial charge >= 0.3 is 5.97 Å². The SMILES string of the molecule is CCCCCCCCCCCCCCCCCCCCCC(=O)OCCCCCCCCCCCCCCCCCCCCCCCCCCC(=O)NC(CO)C(O)CCCCCCCCCCCCCCC. The van der Waals surface area contributed by atoms with E-state index >= 15 is 0 Å². The van der Waals surface area contributed by atoms with Crippen LogP contribution in [0.25, 0.3) is 0 Å². The summed E-state index contributed by atoms with van der Waals surface area (Å²) in [6, 6.07) is -0.539. The molecule has 0 aromatic rings. The van der Waals surface area contributed by atoms with Gasteiger partial charge in [-0.3, -0.25) is 9.59 Å². The average molecular weight is 1030 g/mol. The van der Waals surface area contributed by atoms with E-state index in [0.717, 1.165) is 38.5 Å². The van der Waals surface area contributed by atoms with Crippen LogP contribution in [0.3, 0.4) is 0 Å². The third kappa shape index (κ3) is 60.0. The van der Waals surface area contributed by atoms with Crippen molar-refractivity contribution in [2.24, 2.45) is 0 Å². The Morgan fingerprint density at radius 1 is 0.329 bits per heavy atom. The molecule has 6 heteroatoms. The molecule has 3 N–H and O–H groups in total. The van der Waals surface area contributed by atoms with E-state index in [4.69, 9.17) is 4.74 Å². The first-order chi connectivity index (χ1) is 36.0. The van der Waals surface area contributed by atoms with Gasteiger partial charge in [-0.1, -0.05) is 354 Å². The number of ether oxygens (including phenoxy) is 1. The van der Waals surface area contributed by atoms with E-state index < -0.39 is 12.1 Å². The summed E-state index contributed by atoms with van der Waals surface area (Å²) < 4.78 is 5.51. The topological polar surface area (TPSA) is 95.9 Å². The predicted molar refractivity (Wildman–Crippen MR) is 320 cm³/mol. The van der Waals surface area contributed by atoms with Gasteiger partial charge in [0.2, 0.25) is 5.91 Å². The summed E-state index contributed by atoms with van der Waals surface area (Å²) in [4.78, 5) is 24.6. The Bertz CT molecular complexity index is 1050. The zero-order chi connectivity index (χ0) is 52.9. The molecule has 2 atom stereocenters. The van der Waals surface area contributed by atoms with Gasteiger partial charge in [0.1, 0.15) is 0 Å². The molecule has 2 unspecified atom stereocenters. The Hall–Kier alpha value is -1.14. The van der Waals surface area contributed by atoms with Crippen LogP contribution in [0.15, 0.2) is 0 Å². The molecule has 6 nitrogen and oxygen atoms in total. The lowest BCUT2D eigenvalue weighted by Crippen LogP contribution is -2.45. The van der Waals surface area contributed by atoms with Crippen LogP contribution in [0.4, 0.5) is 0 Å². The number of rotatable bonds is 64. The summed E-state index contributed by atoms with van der Waals surface area (Å²) in [5, 5.41) is 23.3. The maximum Gasteiger partial charge on any atom is 0.305 e. The van der Waals surface area contributed by atoms with Crippen LogP contribution in [-0.4, -0.2) is 47.4 Å². The Morgan fingerprint density at radius 2 is 0.562 bits per heavy atom. The van der Waals surface area contributed by atoms with Crippen LogP contribution in [0.2, 0.25) is 0 Å². The van der Waals surface area contributed by atoms with Crippen LogP contribution in [0.5, 0.6) is 0 Å². The van der Waals surface area contributed by atoms with Crippen molar-refractivity contribution in [1.82, 2.24) is 5.32 Å². The van der Waals surface area contributed by atoms with Crippen LogP contribution < -0.4 is 5.32 Å². The summed E-state index contributed by atoms with van der Waals surface area (Å²) in [5.74, 6) is -0.00967. The lowest BCUT2D eigenvalue weighted by atomic mass is 10.0. The van der Waals surface area contributed by atoms with Gasteiger partial charge in [0, 0.05) is 12.8 Å². The number of carbonyl (C=O) groups is 2. The van der Waals surface area contributed by atoms with Gasteiger partial charge in [0.15, 0.2) is 0 Å². The van der Waals surface area contributed by atoms with Crippen molar-refractivity contribution >= 4 is 11.9 Å². The number of amides is 1. The van der Waals surface area contributed by atoms with E-state index in [1.165, 1.54) is 321 Å². The summed E-state index contributed by atoms with van der Waals surface area (Å²) in [6.45, 7) is 4.99. The summed E-state index contributed by atoms with van der Waals surface area (Å²) >= 11 is 0. The molecular formula is C67H133NO5. The van der Waals surface area contributed by atoms with Crippen molar-refractivity contribution in [3.8, 4) is 0 Å². The normalized spacial score (nSPS) is 12.4. The highest BCUT2D eigenvalue weighted by molar-refractivity contribution is 5.76. The molecule has 0 aliphatic heterocycles. The number of aliphatic hydroxyl groups is 2. The van der Waals surface area contributed by atoms with E-state index in [9.17, 15) is 19.8 Å². The molecule has 0 fully saturated rings. The molecule has 1 amide bonds. The fourth-order valence-electron chi connectivity index (χ4n) is 11.0. The van der Waals surface area contributed by atoms with E-state index in [1.807, 2.05) is 0 Å². The molecule has 0 saturated heterocycles. The number of esters is 1. The quantitative estimate of drug-likeness (QED) is 0.0417. The van der Waals surface area contributed by atoms with Crippen molar-refractivity contribution < 1.29 is 24.5 Å². The summed E-state index contributed by atoms with van der Waals surface area (Å²) in [6.07, 6.45) is 75.7. The van der Waals surface area contributed by atoms with Crippen LogP contribution >= 0.6 is 0 Å². The van der Waals surface area contributed by atoms with E-state index in [0.29, 0.717) is 25.9 Å². The fourth-order valence-corrected chi connectivity index (χ4v) is 11.0. The Morgan fingerprint density at radius 3 is 0.836 bits per heavy atom. The molecule has 0 aliphatic carbocycles. The molecule has 0 radical (unpaired) electrons. The minimum atomic E-state index is -0.661. The minimum absolute atomic E-state index is 0.0214. The van der Waals surface area contributed by atoms with Crippen LogP contribution in [-0.2, 0) is 14.3 Å². The highest BCUT2D eigenvalue weighted by atomic mass is 16.5. The molecule has 0 bridgehead atoms. The summed E-state index contributed by atoms with van der Waals surface area (Å²) in [7, 11) is 0. The zero-order valence-corrected chi connectivity index (χ0v) is 49.9. The first kappa shape index (κ1) is 71.9. The van der Waals surface area contributed by atoms with Gasteiger partial charge in [0.25, 0.3) is 0 Å². The Kier molecular flexibility index (Phi) is 62.4. The van der Waals surface area contributed by atoms with Crippen molar-refractivity contribution in [3.05, 3.63) is 0 Å². The number of hydrogen-bond acceptors (Lipinski definition) is 5. The second-order valence-corrected chi connectivity index (χ2v) is 23.5. The second kappa shape index (κ2) is 63.4. The first-order valence-electron chi connectivity index (χ1n) is 33.8. The molecule has 0 spiro atoms. The molecule has 0 aliphatic rings. The van der Waals surface area contributed by atoms with E-state index in [-0.39, 0.29) is 18.5 Å². The molecule has 0 aromatic heterocycles. The minimum Gasteiger partial charge on any atom is -0.466 e. The summed E-state index contributed by atoms with van der Waals surface area (Å²) in [5.41, 5.74) is 0. The van der Waals surface area contributed by atoms with Gasteiger partial charge in [-0.05, 0) is 25.7 Å². The van der Waals surface area contributed by atoms with Crippen molar-refractivity contribution in [2.45, 2.75) is 405 Å². The number of carbonyl (C=O) groups excluding carboxylic acids is 2. The van der Waals surface area contributed by atoms with Gasteiger partial charge in [-0.25, -0.2) is 0 Å². The number of nitrogens with one attached hydrogen (secondary N) is 1. The highest BCUT2D eigenvalue weighted by Crippen LogP contribution is 2.19.